The number of hydrogen-bond donors (Lipinski definition) is 0. The third-order valence-electron chi connectivity index (χ3n) is 5.52. The van der Waals surface area contributed by atoms with Gasteiger partial charge in [0.2, 0.25) is 0 Å². The standard InChI is InChI=1S/C25H24ClOPS/c1-20-18-25(27-2)29-24(20)19-28(26,21-12-6-3-7-13-21,22-14-8-4-9-15-22)23-16-10-5-11-17-23/h3-18H,19H2,1-2H3. The van der Waals surface area contributed by atoms with Crippen molar-refractivity contribution in [3.05, 3.63) is 108 Å². The molecule has 0 aliphatic carbocycles. The second-order valence-corrected chi connectivity index (χ2v) is 14.8. The van der Waals surface area contributed by atoms with E-state index in [4.69, 9.17) is 16.0 Å². The van der Waals surface area contributed by atoms with E-state index in [1.165, 1.54) is 26.4 Å². The van der Waals surface area contributed by atoms with Crippen molar-refractivity contribution < 1.29 is 4.74 Å². The van der Waals surface area contributed by atoms with E-state index < -0.39 is 5.96 Å². The molecule has 29 heavy (non-hydrogen) atoms. The fraction of sp³-hybridized carbons (Fsp3) is 0.120. The molecular formula is C25H24ClOPS. The van der Waals surface area contributed by atoms with Crippen molar-refractivity contribution in [3.8, 4) is 5.06 Å². The predicted molar refractivity (Wildman–Crippen MR) is 130 cm³/mol. The monoisotopic (exact) mass is 438 g/mol. The quantitative estimate of drug-likeness (QED) is 0.323. The van der Waals surface area contributed by atoms with Gasteiger partial charge in [-0.05, 0) is 0 Å². The van der Waals surface area contributed by atoms with Crippen LogP contribution >= 0.6 is 28.5 Å². The summed E-state index contributed by atoms with van der Waals surface area (Å²) in [5.74, 6) is -3.29. The first-order chi connectivity index (χ1) is 14.1. The van der Waals surface area contributed by atoms with E-state index >= 15 is 0 Å². The molecule has 4 rings (SSSR count). The molecule has 0 aliphatic heterocycles. The Morgan fingerprint density at radius 2 is 1.17 bits per heavy atom. The fourth-order valence-electron chi connectivity index (χ4n) is 3.95. The second kappa shape index (κ2) is 7.95. The van der Waals surface area contributed by atoms with Gasteiger partial charge in [0.15, 0.2) is 0 Å². The molecule has 0 unspecified atom stereocenters. The first kappa shape index (κ1) is 20.2. The van der Waals surface area contributed by atoms with Crippen molar-refractivity contribution in [3.63, 3.8) is 0 Å². The fourth-order valence-corrected chi connectivity index (χ4v) is 12.0. The molecule has 0 saturated heterocycles. The molecule has 0 bridgehead atoms. The molecule has 3 aromatic carbocycles. The van der Waals surface area contributed by atoms with E-state index in [1.807, 2.05) is 0 Å². The minimum absolute atomic E-state index is 0.755. The number of rotatable bonds is 6. The summed E-state index contributed by atoms with van der Waals surface area (Å²) in [6.45, 7) is 2.15. The molecule has 0 saturated carbocycles. The van der Waals surface area contributed by atoms with Crippen LogP contribution in [0.15, 0.2) is 97.1 Å². The van der Waals surface area contributed by atoms with Crippen LogP contribution in [0.25, 0.3) is 0 Å². The summed E-state index contributed by atoms with van der Waals surface area (Å²) >= 11 is 9.82. The molecule has 0 amide bonds. The van der Waals surface area contributed by atoms with Gasteiger partial charge >= 0.3 is 182 Å². The third kappa shape index (κ3) is 3.40. The average Bonchev–Trinajstić information content (AvgIpc) is 3.14. The normalized spacial score (nSPS) is 12.9. The van der Waals surface area contributed by atoms with Crippen molar-refractivity contribution in [2.75, 3.05) is 7.11 Å². The van der Waals surface area contributed by atoms with Crippen molar-refractivity contribution in [1.82, 2.24) is 0 Å². The molecule has 4 heteroatoms. The number of ether oxygens (including phenoxy) is 1. The van der Waals surface area contributed by atoms with Crippen LogP contribution in [0.5, 0.6) is 5.06 Å². The summed E-state index contributed by atoms with van der Waals surface area (Å²) in [6, 6.07) is 33.9. The van der Waals surface area contributed by atoms with Crippen LogP contribution in [0, 0.1) is 6.92 Å². The Morgan fingerprint density at radius 3 is 1.52 bits per heavy atom. The minimum atomic E-state index is -3.29. The summed E-state index contributed by atoms with van der Waals surface area (Å²) in [4.78, 5) is 1.27. The van der Waals surface area contributed by atoms with E-state index in [2.05, 4.69) is 104 Å². The summed E-state index contributed by atoms with van der Waals surface area (Å²) in [5, 5.41) is 4.48. The van der Waals surface area contributed by atoms with Gasteiger partial charge in [0.25, 0.3) is 0 Å². The van der Waals surface area contributed by atoms with E-state index in [-0.39, 0.29) is 0 Å². The van der Waals surface area contributed by atoms with E-state index in [0.29, 0.717) is 0 Å². The zero-order valence-corrected chi connectivity index (χ0v) is 19.1. The molecule has 0 radical (unpaired) electrons. The van der Waals surface area contributed by atoms with Crippen molar-refractivity contribution >= 4 is 44.4 Å². The zero-order chi connectivity index (χ0) is 20.3. The molecule has 148 valence electrons. The molecule has 0 spiro atoms. The molecule has 4 aromatic rings. The van der Waals surface area contributed by atoms with Gasteiger partial charge in [-0.25, -0.2) is 0 Å². The van der Waals surface area contributed by atoms with Crippen LogP contribution in [0.1, 0.15) is 10.4 Å². The van der Waals surface area contributed by atoms with Crippen molar-refractivity contribution in [2.24, 2.45) is 0 Å². The van der Waals surface area contributed by atoms with Crippen molar-refractivity contribution in [2.45, 2.75) is 13.1 Å². The topological polar surface area (TPSA) is 9.23 Å². The average molecular weight is 439 g/mol. The molecule has 1 heterocycles. The van der Waals surface area contributed by atoms with Crippen LogP contribution in [0.2, 0.25) is 0 Å². The van der Waals surface area contributed by atoms with Gasteiger partial charge in [0.1, 0.15) is 0 Å². The predicted octanol–water partition coefficient (Wildman–Crippen LogP) is 6.25. The number of halogens is 1. The third-order valence-corrected chi connectivity index (χ3v) is 14.1. The van der Waals surface area contributed by atoms with Crippen LogP contribution in [-0.2, 0) is 6.16 Å². The van der Waals surface area contributed by atoms with Gasteiger partial charge < -0.3 is 0 Å². The molecular weight excluding hydrogens is 415 g/mol. The van der Waals surface area contributed by atoms with Crippen LogP contribution in [0.4, 0.5) is 0 Å². The first-order valence-corrected chi connectivity index (χ1v) is 13.7. The van der Waals surface area contributed by atoms with E-state index in [1.54, 1.807) is 18.4 Å². The summed E-state index contributed by atoms with van der Waals surface area (Å²) in [5.41, 5.74) is 1.23. The Hall–Kier alpha value is -2.12. The van der Waals surface area contributed by atoms with E-state index in [0.717, 1.165) is 11.2 Å². The van der Waals surface area contributed by atoms with Crippen LogP contribution in [-0.4, -0.2) is 7.11 Å². The molecule has 0 fully saturated rings. The number of methoxy groups -OCH3 is 1. The first-order valence-electron chi connectivity index (χ1n) is 9.59. The summed E-state index contributed by atoms with van der Waals surface area (Å²) < 4.78 is 5.53. The van der Waals surface area contributed by atoms with Gasteiger partial charge in [-0.1, -0.05) is 0 Å². The Balaban J connectivity index is 2.08. The maximum atomic E-state index is 8.13. The van der Waals surface area contributed by atoms with Gasteiger partial charge in [0.05, 0.1) is 0 Å². The molecule has 0 N–H and O–H groups in total. The number of benzene rings is 3. The molecule has 0 aliphatic rings. The van der Waals surface area contributed by atoms with Gasteiger partial charge in [-0.3, -0.25) is 0 Å². The van der Waals surface area contributed by atoms with Crippen molar-refractivity contribution in [1.29, 1.82) is 0 Å². The zero-order valence-electron chi connectivity index (χ0n) is 16.6. The number of aryl methyl sites for hydroxylation is 1. The Kier molecular flexibility index (Phi) is 5.53. The SMILES string of the molecule is COc1cc(C)c(CP(Cl)(c2ccccc2)(c2ccccc2)c2ccccc2)s1. The second-order valence-electron chi connectivity index (χ2n) is 7.22. The Labute approximate surface area is 181 Å². The Bertz CT molecular complexity index is 994. The molecule has 1 aromatic heterocycles. The maximum absolute atomic E-state index is 8.13. The van der Waals surface area contributed by atoms with Crippen LogP contribution < -0.4 is 20.7 Å². The van der Waals surface area contributed by atoms with Gasteiger partial charge in [0, 0.05) is 0 Å². The molecule has 1 nitrogen and oxygen atoms in total. The number of hydrogen-bond acceptors (Lipinski definition) is 2. The summed E-state index contributed by atoms with van der Waals surface area (Å²) in [7, 11) is 1.72. The molecule has 0 atom stereocenters. The van der Waals surface area contributed by atoms with Gasteiger partial charge in [-0.15, -0.1) is 0 Å². The van der Waals surface area contributed by atoms with Crippen LogP contribution in [0.3, 0.4) is 0 Å². The number of thiophene rings is 1. The summed E-state index contributed by atoms with van der Waals surface area (Å²) in [6.07, 6.45) is 0.755. The Morgan fingerprint density at radius 1 is 0.759 bits per heavy atom. The van der Waals surface area contributed by atoms with E-state index in [9.17, 15) is 0 Å². The van der Waals surface area contributed by atoms with Gasteiger partial charge in [-0.2, -0.15) is 0 Å².